The summed E-state index contributed by atoms with van der Waals surface area (Å²) in [5.41, 5.74) is 0.373. The van der Waals surface area contributed by atoms with E-state index in [1.54, 1.807) is 18.2 Å². The fourth-order valence-electron chi connectivity index (χ4n) is 2.13. The molecule has 5 heteroatoms. The zero-order valence-electron chi connectivity index (χ0n) is 9.63. The lowest BCUT2D eigenvalue weighted by Crippen LogP contribution is -2.33. The molecule has 0 amide bonds. The molecule has 2 rings (SSSR count). The predicted molar refractivity (Wildman–Crippen MR) is 63.7 cm³/mol. The summed E-state index contributed by atoms with van der Waals surface area (Å²) in [6.45, 7) is 2.49. The van der Waals surface area contributed by atoms with E-state index < -0.39 is 10.0 Å². The fourth-order valence-corrected chi connectivity index (χ4v) is 3.87. The molecule has 1 aromatic carbocycles. The van der Waals surface area contributed by atoms with E-state index in [9.17, 15) is 8.42 Å². The van der Waals surface area contributed by atoms with Gasteiger partial charge < -0.3 is 0 Å². The summed E-state index contributed by atoms with van der Waals surface area (Å²) in [7, 11) is -3.44. The quantitative estimate of drug-likeness (QED) is 0.803. The molecule has 1 fully saturated rings. The zero-order valence-corrected chi connectivity index (χ0v) is 10.4. The van der Waals surface area contributed by atoms with Crippen molar-refractivity contribution >= 4 is 10.0 Å². The van der Waals surface area contributed by atoms with Crippen LogP contribution in [0.3, 0.4) is 0 Å². The number of rotatable bonds is 2. The van der Waals surface area contributed by atoms with Crippen LogP contribution >= 0.6 is 0 Å². The van der Waals surface area contributed by atoms with Crippen LogP contribution in [0.15, 0.2) is 29.2 Å². The highest BCUT2D eigenvalue weighted by Gasteiger charge is 2.32. The van der Waals surface area contributed by atoms with Crippen molar-refractivity contribution in [3.05, 3.63) is 29.8 Å². The molecule has 1 heterocycles. The fraction of sp³-hybridized carbons (Fsp3) is 0.417. The van der Waals surface area contributed by atoms with Gasteiger partial charge in [0, 0.05) is 12.6 Å². The first kappa shape index (κ1) is 12.1. The summed E-state index contributed by atoms with van der Waals surface area (Å²) in [6.07, 6.45) is 1.80. The van der Waals surface area contributed by atoms with Crippen molar-refractivity contribution in [2.45, 2.75) is 30.7 Å². The highest BCUT2D eigenvalue weighted by atomic mass is 32.2. The van der Waals surface area contributed by atoms with Crippen LogP contribution in [0.5, 0.6) is 0 Å². The van der Waals surface area contributed by atoms with E-state index in [1.165, 1.54) is 10.4 Å². The van der Waals surface area contributed by atoms with Crippen LogP contribution < -0.4 is 0 Å². The Hall–Kier alpha value is -1.38. The molecule has 1 aliphatic heterocycles. The summed E-state index contributed by atoms with van der Waals surface area (Å²) in [5, 5.41) is 8.79. The molecule has 4 nitrogen and oxygen atoms in total. The van der Waals surface area contributed by atoms with Gasteiger partial charge in [0.25, 0.3) is 0 Å². The summed E-state index contributed by atoms with van der Waals surface area (Å²) in [6, 6.07) is 8.19. The molecule has 1 saturated heterocycles. The number of sulfonamides is 1. The Morgan fingerprint density at radius 3 is 2.82 bits per heavy atom. The Morgan fingerprint density at radius 1 is 1.47 bits per heavy atom. The van der Waals surface area contributed by atoms with Crippen molar-refractivity contribution in [1.29, 1.82) is 5.26 Å². The van der Waals surface area contributed by atoms with Crippen molar-refractivity contribution in [2.75, 3.05) is 6.54 Å². The molecule has 90 valence electrons. The van der Waals surface area contributed by atoms with Crippen LogP contribution in [0.25, 0.3) is 0 Å². The SMILES string of the molecule is CC1CCCN1S(=O)(=O)c1cccc(C#N)c1. The minimum atomic E-state index is -3.44. The van der Waals surface area contributed by atoms with E-state index in [-0.39, 0.29) is 10.9 Å². The first-order chi connectivity index (χ1) is 8.05. The highest BCUT2D eigenvalue weighted by molar-refractivity contribution is 7.89. The lowest BCUT2D eigenvalue weighted by molar-refractivity contribution is 0.408. The first-order valence-electron chi connectivity index (χ1n) is 5.58. The van der Waals surface area contributed by atoms with E-state index >= 15 is 0 Å². The van der Waals surface area contributed by atoms with Gasteiger partial charge >= 0.3 is 0 Å². The van der Waals surface area contributed by atoms with Gasteiger partial charge in [0.2, 0.25) is 10.0 Å². The van der Waals surface area contributed by atoms with Gasteiger partial charge in [-0.2, -0.15) is 9.57 Å². The third kappa shape index (κ3) is 2.19. The zero-order chi connectivity index (χ0) is 12.5. The Labute approximate surface area is 102 Å². The third-order valence-corrected chi connectivity index (χ3v) is 5.07. The van der Waals surface area contributed by atoms with Crippen LogP contribution in [-0.2, 0) is 10.0 Å². The summed E-state index contributed by atoms with van der Waals surface area (Å²) in [4.78, 5) is 0.213. The average Bonchev–Trinajstić information content (AvgIpc) is 2.76. The number of nitriles is 1. The molecule has 0 spiro atoms. The third-order valence-electron chi connectivity index (χ3n) is 3.06. The van der Waals surface area contributed by atoms with E-state index in [0.717, 1.165) is 12.8 Å². The van der Waals surface area contributed by atoms with Gasteiger partial charge in [-0.1, -0.05) is 6.07 Å². The summed E-state index contributed by atoms with van der Waals surface area (Å²) >= 11 is 0. The Morgan fingerprint density at radius 2 is 2.24 bits per heavy atom. The van der Waals surface area contributed by atoms with Crippen LogP contribution in [-0.4, -0.2) is 25.3 Å². The van der Waals surface area contributed by atoms with E-state index in [0.29, 0.717) is 12.1 Å². The lowest BCUT2D eigenvalue weighted by Gasteiger charge is -2.20. The molecule has 1 unspecified atom stereocenters. The lowest BCUT2D eigenvalue weighted by atomic mass is 10.2. The second-order valence-corrected chi connectivity index (χ2v) is 6.14. The second-order valence-electron chi connectivity index (χ2n) is 4.25. The van der Waals surface area contributed by atoms with Gasteiger partial charge in [-0.15, -0.1) is 0 Å². The molecule has 0 saturated carbocycles. The van der Waals surface area contributed by atoms with Crippen molar-refractivity contribution in [3.63, 3.8) is 0 Å². The Kier molecular flexibility index (Phi) is 3.18. The molecule has 0 aliphatic carbocycles. The monoisotopic (exact) mass is 250 g/mol. The van der Waals surface area contributed by atoms with Crippen molar-refractivity contribution in [2.24, 2.45) is 0 Å². The molecular formula is C12H14N2O2S. The Bertz CT molecular complexity index is 560. The maximum absolute atomic E-state index is 12.3. The molecular weight excluding hydrogens is 236 g/mol. The smallest absolute Gasteiger partial charge is 0.207 e. The standard InChI is InChI=1S/C12H14N2O2S/c1-10-4-3-7-14(10)17(15,16)12-6-2-5-11(8-12)9-13/h2,5-6,8,10H,3-4,7H2,1H3. The largest absolute Gasteiger partial charge is 0.243 e. The number of nitrogens with zero attached hydrogens (tertiary/aromatic N) is 2. The van der Waals surface area contributed by atoms with E-state index in [4.69, 9.17) is 5.26 Å². The van der Waals surface area contributed by atoms with E-state index in [2.05, 4.69) is 0 Å². The minimum Gasteiger partial charge on any atom is -0.207 e. The molecule has 1 aromatic rings. The molecule has 1 atom stereocenters. The number of hydrogen-bond acceptors (Lipinski definition) is 3. The van der Waals surface area contributed by atoms with Crippen LogP contribution in [0.2, 0.25) is 0 Å². The van der Waals surface area contributed by atoms with Crippen molar-refractivity contribution < 1.29 is 8.42 Å². The van der Waals surface area contributed by atoms with Crippen LogP contribution in [0, 0.1) is 11.3 Å². The normalized spacial score (nSPS) is 21.3. The molecule has 0 radical (unpaired) electrons. The highest BCUT2D eigenvalue weighted by Crippen LogP contribution is 2.25. The van der Waals surface area contributed by atoms with Crippen LogP contribution in [0.1, 0.15) is 25.3 Å². The van der Waals surface area contributed by atoms with Crippen LogP contribution in [0.4, 0.5) is 0 Å². The summed E-state index contributed by atoms with van der Waals surface area (Å²) in [5.74, 6) is 0. The van der Waals surface area contributed by atoms with Gasteiger partial charge in [0.1, 0.15) is 0 Å². The second kappa shape index (κ2) is 4.47. The average molecular weight is 250 g/mol. The molecule has 17 heavy (non-hydrogen) atoms. The molecule has 0 N–H and O–H groups in total. The van der Waals surface area contributed by atoms with Gasteiger partial charge in [0.15, 0.2) is 0 Å². The number of hydrogen-bond donors (Lipinski definition) is 0. The van der Waals surface area contributed by atoms with E-state index in [1.807, 2.05) is 13.0 Å². The Balaban J connectivity index is 2.41. The number of benzene rings is 1. The van der Waals surface area contributed by atoms with Gasteiger partial charge in [-0.05, 0) is 38.0 Å². The maximum Gasteiger partial charge on any atom is 0.243 e. The minimum absolute atomic E-state index is 0.0470. The predicted octanol–water partition coefficient (Wildman–Crippen LogP) is 1.73. The van der Waals surface area contributed by atoms with Crippen molar-refractivity contribution in [3.8, 4) is 6.07 Å². The molecule has 0 bridgehead atoms. The maximum atomic E-state index is 12.3. The molecule has 0 aromatic heterocycles. The van der Waals surface area contributed by atoms with Crippen molar-refractivity contribution in [1.82, 2.24) is 4.31 Å². The first-order valence-corrected chi connectivity index (χ1v) is 7.02. The van der Waals surface area contributed by atoms with Gasteiger partial charge in [-0.25, -0.2) is 8.42 Å². The van der Waals surface area contributed by atoms with Gasteiger partial charge in [-0.3, -0.25) is 0 Å². The molecule has 1 aliphatic rings. The summed E-state index contributed by atoms with van der Waals surface area (Å²) < 4.78 is 26.2. The van der Waals surface area contributed by atoms with Gasteiger partial charge in [0.05, 0.1) is 16.5 Å². The topological polar surface area (TPSA) is 61.2 Å².